The van der Waals surface area contributed by atoms with Gasteiger partial charge in [-0.3, -0.25) is 0 Å². The number of nitrogens with one attached hydrogen (secondary N) is 1. The Balaban J connectivity index is 2.07. The molecule has 1 saturated carbocycles. The second-order valence-electron chi connectivity index (χ2n) is 5.61. The molecule has 1 aliphatic carbocycles. The quantitative estimate of drug-likeness (QED) is 0.673. The van der Waals surface area contributed by atoms with Crippen molar-refractivity contribution in [2.24, 2.45) is 11.8 Å². The fourth-order valence-corrected chi connectivity index (χ4v) is 2.51. The molecule has 1 aliphatic rings. The highest BCUT2D eigenvalue weighted by Gasteiger charge is 2.26. The van der Waals surface area contributed by atoms with E-state index in [1.807, 2.05) is 0 Å². The lowest BCUT2D eigenvalue weighted by Crippen LogP contribution is -2.36. The van der Waals surface area contributed by atoms with E-state index in [9.17, 15) is 5.11 Å². The first-order valence-electron chi connectivity index (χ1n) is 6.63. The van der Waals surface area contributed by atoms with Gasteiger partial charge in [-0.25, -0.2) is 0 Å². The second-order valence-corrected chi connectivity index (χ2v) is 5.61. The van der Waals surface area contributed by atoms with Crippen LogP contribution in [0.25, 0.3) is 0 Å². The summed E-state index contributed by atoms with van der Waals surface area (Å²) in [6.07, 6.45) is 4.48. The Hall–Kier alpha value is -0.120. The Morgan fingerprint density at radius 3 is 2.75 bits per heavy atom. The largest absolute Gasteiger partial charge is 0.393 e. The molecule has 0 radical (unpaired) electrons. The summed E-state index contributed by atoms with van der Waals surface area (Å²) in [5.74, 6) is 1.26. The van der Waals surface area contributed by atoms with Crippen molar-refractivity contribution in [2.45, 2.75) is 38.7 Å². The average molecular weight is 228 g/mol. The third-order valence-electron chi connectivity index (χ3n) is 3.57. The topological polar surface area (TPSA) is 35.5 Å². The van der Waals surface area contributed by atoms with Crippen LogP contribution in [0.5, 0.6) is 0 Å². The number of aliphatic hydroxyl groups excluding tert-OH is 1. The van der Waals surface area contributed by atoms with Gasteiger partial charge in [0.2, 0.25) is 0 Å². The average Bonchev–Trinajstić information content (AvgIpc) is 2.22. The SMILES string of the molecule is CC1CCC(O)C(CNCCCN(C)C)C1. The van der Waals surface area contributed by atoms with Crippen LogP contribution in [0.2, 0.25) is 0 Å². The van der Waals surface area contributed by atoms with Gasteiger partial charge in [-0.2, -0.15) is 0 Å². The summed E-state index contributed by atoms with van der Waals surface area (Å²) >= 11 is 0. The molecule has 3 nitrogen and oxygen atoms in total. The van der Waals surface area contributed by atoms with Crippen molar-refractivity contribution in [1.29, 1.82) is 0 Å². The lowest BCUT2D eigenvalue weighted by atomic mass is 9.80. The Kier molecular flexibility index (Phi) is 6.32. The molecule has 3 unspecified atom stereocenters. The Bertz CT molecular complexity index is 185. The summed E-state index contributed by atoms with van der Waals surface area (Å²) in [6, 6.07) is 0. The van der Waals surface area contributed by atoms with Crippen LogP contribution in [0, 0.1) is 11.8 Å². The van der Waals surface area contributed by atoms with Gasteiger partial charge in [0.05, 0.1) is 6.10 Å². The predicted molar refractivity (Wildman–Crippen MR) is 68.6 cm³/mol. The van der Waals surface area contributed by atoms with Crippen molar-refractivity contribution in [2.75, 3.05) is 33.7 Å². The zero-order valence-corrected chi connectivity index (χ0v) is 11.1. The molecule has 0 aromatic rings. The fraction of sp³-hybridized carbons (Fsp3) is 1.00. The Morgan fingerprint density at radius 2 is 2.06 bits per heavy atom. The fourth-order valence-electron chi connectivity index (χ4n) is 2.51. The van der Waals surface area contributed by atoms with Crippen LogP contribution in [0.4, 0.5) is 0 Å². The third-order valence-corrected chi connectivity index (χ3v) is 3.57. The first kappa shape index (κ1) is 13.9. The normalized spacial score (nSPS) is 30.9. The number of hydrogen-bond donors (Lipinski definition) is 2. The Morgan fingerprint density at radius 1 is 1.31 bits per heavy atom. The van der Waals surface area contributed by atoms with Gasteiger partial charge in [0, 0.05) is 6.54 Å². The molecular weight excluding hydrogens is 200 g/mol. The molecule has 96 valence electrons. The monoisotopic (exact) mass is 228 g/mol. The summed E-state index contributed by atoms with van der Waals surface area (Å²) < 4.78 is 0. The van der Waals surface area contributed by atoms with Crippen molar-refractivity contribution < 1.29 is 5.11 Å². The van der Waals surface area contributed by atoms with E-state index in [1.165, 1.54) is 19.3 Å². The highest BCUT2D eigenvalue weighted by atomic mass is 16.3. The van der Waals surface area contributed by atoms with Gasteiger partial charge in [0.25, 0.3) is 0 Å². The highest BCUT2D eigenvalue weighted by molar-refractivity contribution is 4.79. The first-order valence-corrected chi connectivity index (χ1v) is 6.63. The minimum Gasteiger partial charge on any atom is -0.393 e. The number of nitrogens with zero attached hydrogens (tertiary/aromatic N) is 1. The van der Waals surface area contributed by atoms with E-state index in [2.05, 4.69) is 31.2 Å². The van der Waals surface area contributed by atoms with E-state index in [-0.39, 0.29) is 6.10 Å². The minimum atomic E-state index is -0.0717. The van der Waals surface area contributed by atoms with Gasteiger partial charge < -0.3 is 15.3 Å². The molecule has 0 saturated heterocycles. The molecule has 0 aromatic heterocycles. The van der Waals surface area contributed by atoms with Gasteiger partial charge in [-0.1, -0.05) is 6.92 Å². The van der Waals surface area contributed by atoms with E-state index in [0.29, 0.717) is 5.92 Å². The molecule has 3 heteroatoms. The lowest BCUT2D eigenvalue weighted by Gasteiger charge is -2.31. The number of hydrogen-bond acceptors (Lipinski definition) is 3. The third kappa shape index (κ3) is 5.28. The zero-order chi connectivity index (χ0) is 12.0. The van der Waals surface area contributed by atoms with Crippen molar-refractivity contribution in [3.05, 3.63) is 0 Å². The van der Waals surface area contributed by atoms with Crippen LogP contribution >= 0.6 is 0 Å². The Labute approximate surface area is 100 Å². The van der Waals surface area contributed by atoms with Gasteiger partial charge in [0.15, 0.2) is 0 Å². The van der Waals surface area contributed by atoms with Crippen LogP contribution < -0.4 is 5.32 Å². The van der Waals surface area contributed by atoms with E-state index < -0.39 is 0 Å². The van der Waals surface area contributed by atoms with Crippen LogP contribution in [-0.4, -0.2) is 49.8 Å². The molecule has 3 atom stereocenters. The molecule has 0 bridgehead atoms. The second kappa shape index (κ2) is 7.25. The van der Waals surface area contributed by atoms with Crippen molar-refractivity contribution >= 4 is 0 Å². The van der Waals surface area contributed by atoms with E-state index in [0.717, 1.165) is 32.0 Å². The van der Waals surface area contributed by atoms with Crippen molar-refractivity contribution in [3.8, 4) is 0 Å². The van der Waals surface area contributed by atoms with Crippen LogP contribution in [0.1, 0.15) is 32.6 Å². The van der Waals surface area contributed by atoms with Crippen molar-refractivity contribution in [1.82, 2.24) is 10.2 Å². The zero-order valence-electron chi connectivity index (χ0n) is 11.1. The summed E-state index contributed by atoms with van der Waals surface area (Å²) in [6.45, 7) is 5.48. The molecule has 1 rings (SSSR count). The lowest BCUT2D eigenvalue weighted by molar-refractivity contribution is 0.0518. The smallest absolute Gasteiger partial charge is 0.0580 e. The summed E-state index contributed by atoms with van der Waals surface area (Å²) in [5, 5.41) is 13.4. The molecular formula is C13H28N2O. The molecule has 0 amide bonds. The van der Waals surface area contributed by atoms with E-state index in [1.54, 1.807) is 0 Å². The van der Waals surface area contributed by atoms with E-state index >= 15 is 0 Å². The number of aliphatic hydroxyl groups is 1. The minimum absolute atomic E-state index is 0.0717. The predicted octanol–water partition coefficient (Wildman–Crippen LogP) is 1.32. The standard InChI is InChI=1S/C13H28N2O/c1-11-5-6-13(16)12(9-11)10-14-7-4-8-15(2)3/h11-14,16H,4-10H2,1-3H3. The van der Waals surface area contributed by atoms with E-state index in [4.69, 9.17) is 0 Å². The van der Waals surface area contributed by atoms with Crippen molar-refractivity contribution in [3.63, 3.8) is 0 Å². The molecule has 0 aliphatic heterocycles. The summed E-state index contributed by atoms with van der Waals surface area (Å²) in [4.78, 5) is 2.21. The molecule has 0 spiro atoms. The maximum absolute atomic E-state index is 9.88. The number of rotatable bonds is 6. The summed E-state index contributed by atoms with van der Waals surface area (Å²) in [5.41, 5.74) is 0. The first-order chi connectivity index (χ1) is 7.59. The van der Waals surface area contributed by atoms with Gasteiger partial charge in [-0.05, 0) is 64.7 Å². The van der Waals surface area contributed by atoms with Crippen LogP contribution in [-0.2, 0) is 0 Å². The molecule has 16 heavy (non-hydrogen) atoms. The molecule has 1 fully saturated rings. The highest BCUT2D eigenvalue weighted by Crippen LogP contribution is 2.28. The molecule has 2 N–H and O–H groups in total. The summed E-state index contributed by atoms with van der Waals surface area (Å²) in [7, 11) is 4.21. The van der Waals surface area contributed by atoms with Gasteiger partial charge >= 0.3 is 0 Å². The van der Waals surface area contributed by atoms with Gasteiger partial charge in [0.1, 0.15) is 0 Å². The van der Waals surface area contributed by atoms with Crippen LogP contribution in [0.3, 0.4) is 0 Å². The van der Waals surface area contributed by atoms with Crippen LogP contribution in [0.15, 0.2) is 0 Å². The maximum Gasteiger partial charge on any atom is 0.0580 e. The molecule has 0 heterocycles. The van der Waals surface area contributed by atoms with Gasteiger partial charge in [-0.15, -0.1) is 0 Å². The maximum atomic E-state index is 9.88. The molecule has 0 aromatic carbocycles.